The Kier molecular flexibility index (Phi) is 2.38. The van der Waals surface area contributed by atoms with Gasteiger partial charge in [0, 0.05) is 0 Å². The summed E-state index contributed by atoms with van der Waals surface area (Å²) in [5, 5.41) is 0. The highest BCUT2D eigenvalue weighted by atomic mass is 16.5. The Morgan fingerprint density at radius 2 is 2.17 bits per heavy atom. The minimum atomic E-state index is 0.667. The molecule has 0 saturated carbocycles. The summed E-state index contributed by atoms with van der Waals surface area (Å²) >= 11 is 0. The van der Waals surface area contributed by atoms with Crippen LogP contribution in [0, 0.1) is 6.92 Å². The molecule has 0 heterocycles. The normalized spacial score (nSPS) is 9.50. The first kappa shape index (κ1) is 8.65. The van der Waals surface area contributed by atoms with E-state index in [0.29, 0.717) is 11.4 Å². The Hall–Kier alpha value is -1.44. The molecular formula is C10H13NO. The SMILES string of the molecule is C=Cc1cc(OC)c(N)cc1C. The lowest BCUT2D eigenvalue weighted by molar-refractivity contribution is 0.417. The van der Waals surface area contributed by atoms with Crippen LogP contribution in [-0.2, 0) is 0 Å². The highest BCUT2D eigenvalue weighted by molar-refractivity contribution is 5.63. The van der Waals surface area contributed by atoms with Crippen molar-refractivity contribution in [2.24, 2.45) is 0 Å². The van der Waals surface area contributed by atoms with Crippen LogP contribution in [0.25, 0.3) is 6.08 Å². The van der Waals surface area contributed by atoms with Crippen LogP contribution in [0.15, 0.2) is 18.7 Å². The van der Waals surface area contributed by atoms with E-state index in [2.05, 4.69) is 6.58 Å². The zero-order valence-corrected chi connectivity index (χ0v) is 7.42. The van der Waals surface area contributed by atoms with Crippen molar-refractivity contribution in [3.05, 3.63) is 29.8 Å². The molecule has 0 aliphatic carbocycles. The molecule has 0 aliphatic rings. The molecule has 0 radical (unpaired) electrons. The van der Waals surface area contributed by atoms with Crippen molar-refractivity contribution in [1.82, 2.24) is 0 Å². The number of rotatable bonds is 2. The summed E-state index contributed by atoms with van der Waals surface area (Å²) in [5.41, 5.74) is 8.53. The van der Waals surface area contributed by atoms with Crippen molar-refractivity contribution in [3.8, 4) is 5.75 Å². The first-order chi connectivity index (χ1) is 5.69. The topological polar surface area (TPSA) is 35.2 Å². The highest BCUT2D eigenvalue weighted by Crippen LogP contribution is 2.25. The smallest absolute Gasteiger partial charge is 0.142 e. The summed E-state index contributed by atoms with van der Waals surface area (Å²) < 4.78 is 5.07. The fourth-order valence-corrected chi connectivity index (χ4v) is 1.12. The maximum atomic E-state index is 5.70. The van der Waals surface area contributed by atoms with Gasteiger partial charge in [0.1, 0.15) is 5.75 Å². The van der Waals surface area contributed by atoms with E-state index in [-0.39, 0.29) is 0 Å². The predicted molar refractivity (Wildman–Crippen MR) is 52.2 cm³/mol. The van der Waals surface area contributed by atoms with Crippen LogP contribution in [0.2, 0.25) is 0 Å². The molecular weight excluding hydrogens is 150 g/mol. The minimum absolute atomic E-state index is 0.667. The fraction of sp³-hybridized carbons (Fsp3) is 0.200. The first-order valence-corrected chi connectivity index (χ1v) is 3.75. The lowest BCUT2D eigenvalue weighted by Crippen LogP contribution is -1.94. The van der Waals surface area contributed by atoms with Gasteiger partial charge in [0.15, 0.2) is 0 Å². The lowest BCUT2D eigenvalue weighted by atomic mass is 10.1. The summed E-state index contributed by atoms with van der Waals surface area (Å²) in [4.78, 5) is 0. The largest absolute Gasteiger partial charge is 0.495 e. The summed E-state index contributed by atoms with van der Waals surface area (Å²) in [5.74, 6) is 0.704. The number of nitrogen functional groups attached to an aromatic ring is 1. The highest BCUT2D eigenvalue weighted by Gasteiger charge is 2.01. The zero-order chi connectivity index (χ0) is 9.14. The number of benzene rings is 1. The van der Waals surface area contributed by atoms with Gasteiger partial charge in [-0.25, -0.2) is 0 Å². The molecule has 0 unspecified atom stereocenters. The first-order valence-electron chi connectivity index (χ1n) is 3.75. The molecule has 0 atom stereocenters. The van der Waals surface area contributed by atoms with E-state index in [4.69, 9.17) is 10.5 Å². The van der Waals surface area contributed by atoms with Crippen LogP contribution < -0.4 is 10.5 Å². The maximum absolute atomic E-state index is 5.70. The van der Waals surface area contributed by atoms with Gasteiger partial charge >= 0.3 is 0 Å². The van der Waals surface area contributed by atoms with E-state index < -0.39 is 0 Å². The van der Waals surface area contributed by atoms with Crippen molar-refractivity contribution < 1.29 is 4.74 Å². The van der Waals surface area contributed by atoms with Crippen LogP contribution in [0.1, 0.15) is 11.1 Å². The molecule has 0 saturated heterocycles. The molecule has 0 fully saturated rings. The number of ether oxygens (including phenoxy) is 1. The molecule has 1 aromatic rings. The fourth-order valence-electron chi connectivity index (χ4n) is 1.12. The molecule has 2 heteroatoms. The Morgan fingerprint density at radius 3 is 2.67 bits per heavy atom. The number of hydrogen-bond acceptors (Lipinski definition) is 2. The van der Waals surface area contributed by atoms with E-state index in [1.807, 2.05) is 19.1 Å². The van der Waals surface area contributed by atoms with Crippen LogP contribution in [0.3, 0.4) is 0 Å². The Labute approximate surface area is 72.7 Å². The second-order valence-electron chi connectivity index (χ2n) is 2.65. The van der Waals surface area contributed by atoms with E-state index in [9.17, 15) is 0 Å². The van der Waals surface area contributed by atoms with E-state index >= 15 is 0 Å². The van der Waals surface area contributed by atoms with Crippen LogP contribution in [0.5, 0.6) is 5.75 Å². The van der Waals surface area contributed by atoms with Gasteiger partial charge in [0.05, 0.1) is 12.8 Å². The van der Waals surface area contributed by atoms with E-state index in [0.717, 1.165) is 11.1 Å². The molecule has 0 aliphatic heterocycles. The second-order valence-corrected chi connectivity index (χ2v) is 2.65. The monoisotopic (exact) mass is 163 g/mol. The van der Waals surface area contributed by atoms with Gasteiger partial charge in [0.25, 0.3) is 0 Å². The maximum Gasteiger partial charge on any atom is 0.142 e. The summed E-state index contributed by atoms with van der Waals surface area (Å²) in [6, 6.07) is 3.77. The third-order valence-electron chi connectivity index (χ3n) is 1.84. The van der Waals surface area contributed by atoms with Gasteiger partial charge in [-0.05, 0) is 30.2 Å². The van der Waals surface area contributed by atoms with E-state index in [1.54, 1.807) is 13.2 Å². The predicted octanol–water partition coefficient (Wildman–Crippen LogP) is 2.23. The minimum Gasteiger partial charge on any atom is -0.495 e. The molecule has 12 heavy (non-hydrogen) atoms. The van der Waals surface area contributed by atoms with Crippen LogP contribution in [0.4, 0.5) is 5.69 Å². The number of nitrogens with two attached hydrogens (primary N) is 1. The van der Waals surface area contributed by atoms with Gasteiger partial charge in [-0.3, -0.25) is 0 Å². The van der Waals surface area contributed by atoms with Gasteiger partial charge in [-0.1, -0.05) is 12.7 Å². The average Bonchev–Trinajstić information content (AvgIpc) is 2.05. The Morgan fingerprint density at radius 1 is 1.50 bits per heavy atom. The molecule has 0 spiro atoms. The molecule has 2 N–H and O–H groups in total. The zero-order valence-electron chi connectivity index (χ0n) is 7.42. The third kappa shape index (κ3) is 1.42. The Balaban J connectivity index is 3.26. The van der Waals surface area contributed by atoms with Crippen molar-refractivity contribution in [3.63, 3.8) is 0 Å². The molecule has 1 rings (SSSR count). The number of aryl methyl sites for hydroxylation is 1. The molecule has 0 aromatic heterocycles. The Bertz CT molecular complexity index is 305. The molecule has 0 amide bonds. The third-order valence-corrected chi connectivity index (χ3v) is 1.84. The summed E-state index contributed by atoms with van der Waals surface area (Å²) in [6.07, 6.45) is 1.79. The van der Waals surface area contributed by atoms with Crippen LogP contribution >= 0.6 is 0 Å². The number of methoxy groups -OCH3 is 1. The quantitative estimate of drug-likeness (QED) is 0.678. The van der Waals surface area contributed by atoms with Gasteiger partial charge in [-0.15, -0.1) is 0 Å². The van der Waals surface area contributed by atoms with Crippen molar-refractivity contribution in [2.45, 2.75) is 6.92 Å². The van der Waals surface area contributed by atoms with Gasteiger partial charge < -0.3 is 10.5 Å². The van der Waals surface area contributed by atoms with Gasteiger partial charge in [0.2, 0.25) is 0 Å². The lowest BCUT2D eigenvalue weighted by Gasteiger charge is -2.07. The van der Waals surface area contributed by atoms with E-state index in [1.165, 1.54) is 0 Å². The van der Waals surface area contributed by atoms with Crippen molar-refractivity contribution in [2.75, 3.05) is 12.8 Å². The van der Waals surface area contributed by atoms with Gasteiger partial charge in [-0.2, -0.15) is 0 Å². The molecule has 2 nitrogen and oxygen atoms in total. The number of hydrogen-bond donors (Lipinski definition) is 1. The summed E-state index contributed by atoms with van der Waals surface area (Å²) in [6.45, 7) is 5.69. The standard InChI is InChI=1S/C10H13NO/c1-4-8-6-10(12-3)9(11)5-7(8)2/h4-6H,1,11H2,2-3H3. The molecule has 64 valence electrons. The molecule has 1 aromatic carbocycles. The number of anilines is 1. The van der Waals surface area contributed by atoms with Crippen LogP contribution in [-0.4, -0.2) is 7.11 Å². The molecule has 0 bridgehead atoms. The average molecular weight is 163 g/mol. The second kappa shape index (κ2) is 3.30. The summed E-state index contributed by atoms with van der Waals surface area (Å²) in [7, 11) is 1.61. The van der Waals surface area contributed by atoms with Crippen molar-refractivity contribution >= 4 is 11.8 Å². The van der Waals surface area contributed by atoms with Crippen molar-refractivity contribution in [1.29, 1.82) is 0 Å².